The zero-order chi connectivity index (χ0) is 33.1. The minimum Gasteiger partial charge on any atom is -0.461 e. The zero-order valence-corrected chi connectivity index (χ0v) is 30.0. The largest absolute Gasteiger partial charge is 0.461 e. The topological polar surface area (TPSA) is 97.7 Å². The van der Waals surface area contributed by atoms with Crippen LogP contribution in [0.25, 0.3) is 0 Å². The molecule has 13 atom stereocenters. The van der Waals surface area contributed by atoms with E-state index in [0.29, 0.717) is 44.1 Å². The summed E-state index contributed by atoms with van der Waals surface area (Å²) in [6.45, 7) is 21.5. The van der Waals surface area contributed by atoms with Gasteiger partial charge in [-0.25, -0.2) is 0 Å². The lowest BCUT2D eigenvalue weighted by Gasteiger charge is -2.63. The Bertz CT molecular complexity index is 1180. The average molecular weight is 646 g/mol. The van der Waals surface area contributed by atoms with E-state index in [1.165, 1.54) is 12.8 Å². The van der Waals surface area contributed by atoms with Gasteiger partial charge in [-0.05, 0) is 112 Å². The van der Waals surface area contributed by atoms with Crippen LogP contribution in [0.1, 0.15) is 107 Å². The first-order valence-corrected chi connectivity index (χ1v) is 18.7. The lowest BCUT2D eigenvalue weighted by molar-refractivity contribution is -0.215. The third-order valence-corrected chi connectivity index (χ3v) is 15.9. The van der Waals surface area contributed by atoms with E-state index < -0.39 is 17.8 Å². The van der Waals surface area contributed by atoms with Gasteiger partial charge in [0.15, 0.2) is 0 Å². The number of aliphatic hydroxyl groups is 2. The van der Waals surface area contributed by atoms with Crippen LogP contribution >= 0.6 is 0 Å². The summed E-state index contributed by atoms with van der Waals surface area (Å²) in [5.74, 6) is 1.55. The van der Waals surface area contributed by atoms with Crippen molar-refractivity contribution >= 4 is 5.97 Å². The van der Waals surface area contributed by atoms with Gasteiger partial charge in [0.1, 0.15) is 12.2 Å². The molecule has 46 heavy (non-hydrogen) atoms. The third-order valence-electron chi connectivity index (χ3n) is 15.9. The highest BCUT2D eigenvalue weighted by molar-refractivity contribution is 5.72. The summed E-state index contributed by atoms with van der Waals surface area (Å²) in [4.78, 5) is 15.3. The van der Waals surface area contributed by atoms with Crippen molar-refractivity contribution in [2.24, 2.45) is 50.7 Å². The van der Waals surface area contributed by atoms with Crippen LogP contribution in [-0.4, -0.2) is 96.7 Å². The number of hydrogen-bond donors (Lipinski definition) is 2. The molecule has 7 aliphatic rings. The van der Waals surface area contributed by atoms with E-state index in [9.17, 15) is 15.0 Å². The number of carbonyl (C=O) groups is 1. The maximum Gasteiger partial charge on any atom is 0.320 e. The van der Waals surface area contributed by atoms with Gasteiger partial charge in [0.2, 0.25) is 0 Å². The van der Waals surface area contributed by atoms with Crippen LogP contribution in [0.2, 0.25) is 0 Å². The van der Waals surface area contributed by atoms with Crippen LogP contribution < -0.4 is 0 Å². The van der Waals surface area contributed by atoms with Crippen molar-refractivity contribution < 1.29 is 34.0 Å². The number of nitrogens with zero attached hydrogens (tertiary/aromatic N) is 1. The fourth-order valence-electron chi connectivity index (χ4n) is 13.8. The van der Waals surface area contributed by atoms with E-state index >= 15 is 0 Å². The van der Waals surface area contributed by atoms with Crippen molar-refractivity contribution in [3.63, 3.8) is 0 Å². The molecule has 0 aromatic carbocycles. The van der Waals surface area contributed by atoms with Gasteiger partial charge < -0.3 is 29.2 Å². The molecule has 262 valence electrons. The molecule has 0 radical (unpaired) electrons. The Morgan fingerprint density at radius 1 is 1.02 bits per heavy atom. The van der Waals surface area contributed by atoms with Gasteiger partial charge in [0.25, 0.3) is 0 Å². The molecule has 0 aromatic heterocycles. The normalized spacial score (nSPS) is 50.3. The molecule has 0 bridgehead atoms. The first kappa shape index (κ1) is 33.7. The van der Waals surface area contributed by atoms with Crippen molar-refractivity contribution in [2.75, 3.05) is 39.5 Å². The second-order valence-corrected chi connectivity index (χ2v) is 18.5. The molecule has 0 aromatic rings. The summed E-state index contributed by atoms with van der Waals surface area (Å²) in [6, 6.07) is 0. The standard InChI is InChI=1S/C38H63NO7/c1-9-44-32(34(5,6)42)24-20-23(2)29-30(45-24)31(41)36(8)26-11-10-25-33(3,4)27(46-28(40)21-39-16-18-43-19-17-39)12-13-37(25)22-38(26,37)15-14-35(29,36)7/h23-27,29-32,41-42H,9-22H2,1-8H3/t23-,24-,25+,26+,27+,29+,30+,31+,32+,35-,36-,37-,38+/m1/s1. The third kappa shape index (κ3) is 4.55. The zero-order valence-electron chi connectivity index (χ0n) is 30.0. The van der Waals surface area contributed by atoms with E-state index in [2.05, 4.69) is 39.5 Å². The first-order chi connectivity index (χ1) is 21.6. The van der Waals surface area contributed by atoms with Crippen LogP contribution in [0.3, 0.4) is 0 Å². The molecule has 8 nitrogen and oxygen atoms in total. The van der Waals surface area contributed by atoms with Gasteiger partial charge in [-0.1, -0.05) is 34.6 Å². The second-order valence-electron chi connectivity index (χ2n) is 18.5. The maximum absolute atomic E-state index is 13.1. The highest BCUT2D eigenvalue weighted by atomic mass is 16.6. The van der Waals surface area contributed by atoms with Crippen molar-refractivity contribution in [1.29, 1.82) is 0 Å². The van der Waals surface area contributed by atoms with Gasteiger partial charge >= 0.3 is 5.97 Å². The van der Waals surface area contributed by atoms with Crippen LogP contribution in [0.15, 0.2) is 0 Å². The number of carbonyl (C=O) groups excluding carboxylic acids is 1. The first-order valence-electron chi connectivity index (χ1n) is 18.7. The number of aliphatic hydroxyl groups excluding tert-OH is 1. The molecule has 7 rings (SSSR count). The Labute approximate surface area is 277 Å². The van der Waals surface area contributed by atoms with E-state index in [4.69, 9.17) is 18.9 Å². The predicted octanol–water partition coefficient (Wildman–Crippen LogP) is 5.22. The molecule has 2 heterocycles. The number of fused-ring (bicyclic) bond motifs is 4. The maximum atomic E-state index is 13.1. The number of hydrogen-bond acceptors (Lipinski definition) is 8. The summed E-state index contributed by atoms with van der Waals surface area (Å²) >= 11 is 0. The molecule has 2 spiro atoms. The summed E-state index contributed by atoms with van der Waals surface area (Å²) in [7, 11) is 0. The molecule has 2 aliphatic heterocycles. The molecule has 2 saturated heterocycles. The van der Waals surface area contributed by atoms with Crippen molar-refractivity contribution in [3.8, 4) is 0 Å². The highest BCUT2D eigenvalue weighted by Gasteiger charge is 2.84. The Kier molecular flexibility index (Phi) is 8.15. The van der Waals surface area contributed by atoms with Crippen molar-refractivity contribution in [1.82, 2.24) is 4.90 Å². The molecule has 8 heteroatoms. The molecular weight excluding hydrogens is 582 g/mol. The van der Waals surface area contributed by atoms with Crippen LogP contribution in [0.4, 0.5) is 0 Å². The SMILES string of the molecule is CCO[C@@H]([C@H]1C[C@@H](C)[C@H]2[C@H](O1)[C@H](O)[C@@]1(C)[C@@H]3CC[C@H]4C(C)(C)[C@@H](OC(=O)CN5CCOCC5)CC[C@@]45C[C@@]35CC[C@]21C)C(C)(C)O. The monoisotopic (exact) mass is 645 g/mol. The minimum atomic E-state index is -1.03. The van der Waals surface area contributed by atoms with E-state index in [1.54, 1.807) is 0 Å². The number of esters is 1. The van der Waals surface area contributed by atoms with E-state index in [1.807, 2.05) is 20.8 Å². The van der Waals surface area contributed by atoms with Crippen LogP contribution in [0, 0.1) is 50.7 Å². The molecule has 0 unspecified atom stereocenters. The number of morpholine rings is 1. The van der Waals surface area contributed by atoms with Gasteiger partial charge in [-0.3, -0.25) is 9.69 Å². The quantitative estimate of drug-likeness (QED) is 0.364. The Morgan fingerprint density at radius 2 is 1.70 bits per heavy atom. The summed E-state index contributed by atoms with van der Waals surface area (Å²) in [6.07, 6.45) is 7.28. The predicted molar refractivity (Wildman–Crippen MR) is 175 cm³/mol. The van der Waals surface area contributed by atoms with Gasteiger partial charge in [0.05, 0.1) is 43.7 Å². The van der Waals surface area contributed by atoms with Crippen LogP contribution in [0.5, 0.6) is 0 Å². The Hall–Kier alpha value is -0.770. The molecular formula is C38H63NO7. The summed E-state index contributed by atoms with van der Waals surface area (Å²) < 4.78 is 24.8. The molecule has 7 fully saturated rings. The number of rotatable bonds is 7. The van der Waals surface area contributed by atoms with Gasteiger partial charge in [-0.2, -0.15) is 0 Å². The van der Waals surface area contributed by atoms with Crippen molar-refractivity contribution in [2.45, 2.75) is 143 Å². The average Bonchev–Trinajstić information content (AvgIpc) is 3.62. The minimum absolute atomic E-state index is 0.00834. The lowest BCUT2D eigenvalue weighted by Crippen LogP contribution is -2.60. The highest BCUT2D eigenvalue weighted by Crippen LogP contribution is 2.89. The van der Waals surface area contributed by atoms with Crippen LogP contribution in [-0.2, 0) is 23.7 Å². The molecule has 5 aliphatic carbocycles. The van der Waals surface area contributed by atoms with E-state index in [0.717, 1.165) is 51.6 Å². The molecule has 5 saturated carbocycles. The summed E-state index contributed by atoms with van der Waals surface area (Å²) in [5, 5.41) is 23.6. The molecule has 2 N–H and O–H groups in total. The van der Waals surface area contributed by atoms with E-state index in [-0.39, 0.29) is 57.3 Å². The van der Waals surface area contributed by atoms with Gasteiger partial charge in [-0.15, -0.1) is 0 Å². The molecule has 0 amide bonds. The summed E-state index contributed by atoms with van der Waals surface area (Å²) in [5.41, 5.74) is -0.815. The smallest absolute Gasteiger partial charge is 0.320 e. The van der Waals surface area contributed by atoms with Gasteiger partial charge in [0, 0.05) is 30.5 Å². The fraction of sp³-hybridized carbons (Fsp3) is 0.974. The Balaban J connectivity index is 1.12. The fourth-order valence-corrected chi connectivity index (χ4v) is 13.8. The second kappa shape index (κ2) is 11.1. The van der Waals surface area contributed by atoms with Crippen molar-refractivity contribution in [3.05, 3.63) is 0 Å². The Morgan fingerprint density at radius 3 is 2.37 bits per heavy atom. The number of ether oxygens (including phenoxy) is 4. The lowest BCUT2D eigenvalue weighted by atomic mass is 9.41.